The smallest absolute Gasteiger partial charge is 0.191 e. The van der Waals surface area contributed by atoms with Crippen molar-refractivity contribution in [1.29, 1.82) is 0 Å². The Hall–Kier alpha value is -2.80. The second-order valence-electron chi connectivity index (χ2n) is 6.34. The second kappa shape index (κ2) is 12.6. The zero-order valence-corrected chi connectivity index (χ0v) is 17.5. The van der Waals surface area contributed by atoms with E-state index in [9.17, 15) is 5.11 Å². The zero-order chi connectivity index (χ0) is 20.9. The van der Waals surface area contributed by atoms with Crippen LogP contribution in [0.15, 0.2) is 47.7 Å². The lowest BCUT2D eigenvalue weighted by molar-refractivity contribution is 0.187. The predicted octanol–water partition coefficient (Wildman–Crippen LogP) is 2.71. The number of aliphatic imine (C=N–C) groups is 1. The molecule has 29 heavy (non-hydrogen) atoms. The van der Waals surface area contributed by atoms with Crippen molar-refractivity contribution in [2.45, 2.75) is 33.3 Å². The molecule has 7 heteroatoms. The number of aromatic nitrogens is 1. The Morgan fingerprint density at radius 1 is 1.03 bits per heavy atom. The van der Waals surface area contributed by atoms with Crippen LogP contribution in [0.4, 0.5) is 0 Å². The maximum Gasteiger partial charge on any atom is 0.191 e. The third kappa shape index (κ3) is 7.62. The molecule has 0 aliphatic carbocycles. The first-order valence-electron chi connectivity index (χ1n) is 10.2. The molecule has 0 saturated heterocycles. The summed E-state index contributed by atoms with van der Waals surface area (Å²) in [6.45, 7) is 8.86. The van der Waals surface area contributed by atoms with E-state index in [1.54, 1.807) is 24.5 Å². The summed E-state index contributed by atoms with van der Waals surface area (Å²) in [6.07, 6.45) is 3.48. The van der Waals surface area contributed by atoms with Gasteiger partial charge in [0.2, 0.25) is 0 Å². The molecule has 0 amide bonds. The highest BCUT2D eigenvalue weighted by Gasteiger charge is 2.08. The van der Waals surface area contributed by atoms with Gasteiger partial charge in [0, 0.05) is 25.5 Å². The molecule has 0 saturated carbocycles. The first kappa shape index (κ1) is 22.5. The average Bonchev–Trinajstić information content (AvgIpc) is 2.74. The summed E-state index contributed by atoms with van der Waals surface area (Å²) in [5.74, 6) is 2.22. The number of hydrogen-bond acceptors (Lipinski definition) is 5. The number of nitrogens with zero attached hydrogens (tertiary/aromatic N) is 2. The number of hydrogen-bond donors (Lipinski definition) is 3. The van der Waals surface area contributed by atoms with Crippen molar-refractivity contribution in [3.63, 3.8) is 0 Å². The Kier molecular flexibility index (Phi) is 9.78. The molecule has 0 radical (unpaired) electrons. The highest BCUT2D eigenvalue weighted by atomic mass is 16.5. The van der Waals surface area contributed by atoms with E-state index in [0.29, 0.717) is 25.7 Å². The second-order valence-corrected chi connectivity index (χ2v) is 6.34. The third-order valence-electron chi connectivity index (χ3n) is 4.17. The van der Waals surface area contributed by atoms with Crippen molar-refractivity contribution in [3.8, 4) is 11.5 Å². The maximum atomic E-state index is 10.3. The van der Waals surface area contributed by atoms with Gasteiger partial charge in [0.05, 0.1) is 25.9 Å². The summed E-state index contributed by atoms with van der Waals surface area (Å²) in [6, 6.07) is 9.61. The molecule has 1 aromatic carbocycles. The van der Waals surface area contributed by atoms with Gasteiger partial charge in [0.1, 0.15) is 0 Å². The van der Waals surface area contributed by atoms with Crippen LogP contribution in [0.1, 0.15) is 38.0 Å². The topological polar surface area (TPSA) is 88.0 Å². The number of benzene rings is 1. The quantitative estimate of drug-likeness (QED) is 0.397. The van der Waals surface area contributed by atoms with E-state index in [2.05, 4.69) is 20.6 Å². The van der Waals surface area contributed by atoms with Gasteiger partial charge < -0.3 is 25.2 Å². The Morgan fingerprint density at radius 2 is 1.76 bits per heavy atom. The Morgan fingerprint density at radius 3 is 2.45 bits per heavy atom. The first-order valence-corrected chi connectivity index (χ1v) is 10.2. The van der Waals surface area contributed by atoms with Crippen molar-refractivity contribution < 1.29 is 14.6 Å². The normalized spacial score (nSPS) is 12.3. The van der Waals surface area contributed by atoms with E-state index in [4.69, 9.17) is 9.47 Å². The first-order chi connectivity index (χ1) is 14.2. The van der Waals surface area contributed by atoms with Crippen molar-refractivity contribution >= 4 is 5.96 Å². The molecule has 0 aliphatic rings. The Labute approximate surface area is 173 Å². The number of guanidine groups is 1. The molecule has 0 fully saturated rings. The van der Waals surface area contributed by atoms with Crippen LogP contribution in [0.5, 0.6) is 11.5 Å². The summed E-state index contributed by atoms with van der Waals surface area (Å²) < 4.78 is 11.3. The molecule has 0 bridgehead atoms. The Balaban J connectivity index is 1.92. The largest absolute Gasteiger partial charge is 0.490 e. The number of ether oxygens (including phenoxy) is 2. The van der Waals surface area contributed by atoms with Gasteiger partial charge in [-0.3, -0.25) is 9.98 Å². The molecule has 1 unspecified atom stereocenters. The van der Waals surface area contributed by atoms with Crippen LogP contribution in [0.2, 0.25) is 0 Å². The summed E-state index contributed by atoms with van der Waals surface area (Å²) in [5, 5.41) is 16.8. The average molecular weight is 401 g/mol. The number of rotatable bonds is 11. The molecule has 0 aliphatic heterocycles. The SMILES string of the molecule is CCNC(=NCC(O)c1ccncc1)NCCc1ccc(OCC)c(OCC)c1. The minimum Gasteiger partial charge on any atom is -0.490 e. The fourth-order valence-corrected chi connectivity index (χ4v) is 2.79. The van der Waals surface area contributed by atoms with Crippen LogP contribution in [-0.4, -0.2) is 48.9 Å². The molecule has 1 heterocycles. The molecule has 3 N–H and O–H groups in total. The van der Waals surface area contributed by atoms with E-state index in [-0.39, 0.29) is 6.54 Å². The lowest BCUT2D eigenvalue weighted by atomic mass is 10.1. The molecule has 1 aromatic heterocycles. The van der Waals surface area contributed by atoms with Gasteiger partial charge in [-0.1, -0.05) is 6.07 Å². The number of aliphatic hydroxyl groups excluding tert-OH is 1. The summed E-state index contributed by atoms with van der Waals surface area (Å²) in [4.78, 5) is 8.45. The lowest BCUT2D eigenvalue weighted by Crippen LogP contribution is -2.38. The third-order valence-corrected chi connectivity index (χ3v) is 4.17. The molecule has 158 valence electrons. The number of aliphatic hydroxyl groups is 1. The van der Waals surface area contributed by atoms with Crippen LogP contribution >= 0.6 is 0 Å². The fourth-order valence-electron chi connectivity index (χ4n) is 2.79. The fraction of sp³-hybridized carbons (Fsp3) is 0.455. The van der Waals surface area contributed by atoms with Gasteiger partial charge in [0.15, 0.2) is 17.5 Å². The van der Waals surface area contributed by atoms with Gasteiger partial charge in [-0.2, -0.15) is 0 Å². The van der Waals surface area contributed by atoms with Crippen LogP contribution in [-0.2, 0) is 6.42 Å². The van der Waals surface area contributed by atoms with Gasteiger partial charge in [-0.15, -0.1) is 0 Å². The molecule has 1 atom stereocenters. The highest BCUT2D eigenvalue weighted by Crippen LogP contribution is 2.28. The highest BCUT2D eigenvalue weighted by molar-refractivity contribution is 5.79. The molecule has 2 rings (SSSR count). The van der Waals surface area contributed by atoms with Crippen molar-refractivity contribution in [1.82, 2.24) is 15.6 Å². The standard InChI is InChI=1S/C22H32N4O3/c1-4-24-22(26-16-19(27)18-10-12-23-13-11-18)25-14-9-17-7-8-20(28-5-2)21(15-17)29-6-3/h7-8,10-13,15,19,27H,4-6,9,14,16H2,1-3H3,(H2,24,25,26). The van der Waals surface area contributed by atoms with Crippen molar-refractivity contribution in [2.24, 2.45) is 4.99 Å². The van der Waals surface area contributed by atoms with E-state index >= 15 is 0 Å². The van der Waals surface area contributed by atoms with Gasteiger partial charge in [0.25, 0.3) is 0 Å². The number of pyridine rings is 1. The molecule has 0 spiro atoms. The molecular weight excluding hydrogens is 368 g/mol. The monoisotopic (exact) mass is 400 g/mol. The van der Waals surface area contributed by atoms with Crippen LogP contribution in [0.25, 0.3) is 0 Å². The number of nitrogens with one attached hydrogen (secondary N) is 2. The summed E-state index contributed by atoms with van der Waals surface area (Å²) in [5.41, 5.74) is 1.95. The van der Waals surface area contributed by atoms with Crippen molar-refractivity contribution in [3.05, 3.63) is 53.9 Å². The van der Waals surface area contributed by atoms with Crippen LogP contribution in [0, 0.1) is 0 Å². The zero-order valence-electron chi connectivity index (χ0n) is 17.5. The minimum absolute atomic E-state index is 0.275. The summed E-state index contributed by atoms with van der Waals surface area (Å²) in [7, 11) is 0. The van der Waals surface area contributed by atoms with Gasteiger partial charge in [-0.05, 0) is 62.6 Å². The van der Waals surface area contributed by atoms with Crippen LogP contribution < -0.4 is 20.1 Å². The maximum absolute atomic E-state index is 10.3. The Bertz CT molecular complexity index is 753. The van der Waals surface area contributed by atoms with E-state index in [1.165, 1.54) is 0 Å². The van der Waals surface area contributed by atoms with Crippen molar-refractivity contribution in [2.75, 3.05) is 32.8 Å². The predicted molar refractivity (Wildman–Crippen MR) is 116 cm³/mol. The van der Waals surface area contributed by atoms with Gasteiger partial charge >= 0.3 is 0 Å². The van der Waals surface area contributed by atoms with E-state index in [0.717, 1.165) is 35.6 Å². The van der Waals surface area contributed by atoms with E-state index < -0.39 is 6.10 Å². The van der Waals surface area contributed by atoms with Gasteiger partial charge in [-0.25, -0.2) is 0 Å². The molecule has 2 aromatic rings. The minimum atomic E-state index is -0.659. The summed E-state index contributed by atoms with van der Waals surface area (Å²) >= 11 is 0. The van der Waals surface area contributed by atoms with E-state index in [1.807, 2.05) is 39.0 Å². The molecule has 7 nitrogen and oxygen atoms in total. The molecular formula is C22H32N4O3. The van der Waals surface area contributed by atoms with Crippen LogP contribution in [0.3, 0.4) is 0 Å². The lowest BCUT2D eigenvalue weighted by Gasteiger charge is -2.14.